The van der Waals surface area contributed by atoms with Crippen molar-refractivity contribution < 1.29 is 9.84 Å². The number of hydrogen-bond donors (Lipinski definition) is 1. The molecule has 98 valence electrons. The van der Waals surface area contributed by atoms with Crippen molar-refractivity contribution in [2.24, 2.45) is 11.8 Å². The molecule has 17 heavy (non-hydrogen) atoms. The lowest BCUT2D eigenvalue weighted by atomic mass is 9.60. The first kappa shape index (κ1) is 12.0. The first-order chi connectivity index (χ1) is 8.29. The van der Waals surface area contributed by atoms with Crippen molar-refractivity contribution in [1.82, 2.24) is 0 Å². The van der Waals surface area contributed by atoms with Crippen LogP contribution in [0, 0.1) is 11.8 Å². The predicted octanol–water partition coefficient (Wildman–Crippen LogP) is 3.28. The summed E-state index contributed by atoms with van der Waals surface area (Å²) in [6.07, 6.45) is 12.7. The van der Waals surface area contributed by atoms with Gasteiger partial charge in [-0.1, -0.05) is 12.8 Å². The third-order valence-electron chi connectivity index (χ3n) is 5.52. The van der Waals surface area contributed by atoms with E-state index in [4.69, 9.17) is 4.74 Å². The fourth-order valence-electron chi connectivity index (χ4n) is 3.82. The molecule has 0 amide bonds. The Kier molecular flexibility index (Phi) is 3.45. The highest BCUT2D eigenvalue weighted by Gasteiger charge is 2.47. The molecule has 1 aliphatic heterocycles. The maximum Gasteiger partial charge on any atom is 0.0704 e. The molecule has 0 bridgehead atoms. The highest BCUT2D eigenvalue weighted by Crippen LogP contribution is 2.49. The molecule has 2 heteroatoms. The fraction of sp³-hybridized carbons (Fsp3) is 1.00. The number of ether oxygens (including phenoxy) is 1. The second kappa shape index (κ2) is 4.89. The van der Waals surface area contributed by atoms with Crippen molar-refractivity contribution >= 4 is 0 Å². The van der Waals surface area contributed by atoms with E-state index in [0.29, 0.717) is 17.9 Å². The summed E-state index contributed by atoms with van der Waals surface area (Å²) in [5, 5.41) is 11.1. The molecule has 2 saturated carbocycles. The van der Waals surface area contributed by atoms with Gasteiger partial charge < -0.3 is 9.84 Å². The Labute approximate surface area is 105 Å². The summed E-state index contributed by atoms with van der Waals surface area (Å²) in [6.45, 7) is 0.940. The Bertz CT molecular complexity index is 236. The molecule has 3 rings (SSSR count). The Hall–Kier alpha value is -0.0800. The summed E-state index contributed by atoms with van der Waals surface area (Å²) >= 11 is 0. The molecule has 1 unspecified atom stereocenters. The first-order valence-corrected chi connectivity index (χ1v) is 7.63. The van der Waals surface area contributed by atoms with Gasteiger partial charge in [0, 0.05) is 6.61 Å². The van der Waals surface area contributed by atoms with Crippen LogP contribution in [0.2, 0.25) is 0 Å². The van der Waals surface area contributed by atoms with E-state index >= 15 is 0 Å². The van der Waals surface area contributed by atoms with Gasteiger partial charge in [-0.25, -0.2) is 0 Å². The van der Waals surface area contributed by atoms with E-state index in [1.165, 1.54) is 51.4 Å². The molecule has 3 aliphatic rings. The van der Waals surface area contributed by atoms with E-state index in [-0.39, 0.29) is 5.60 Å². The molecule has 0 aromatic rings. The van der Waals surface area contributed by atoms with Crippen LogP contribution in [0.25, 0.3) is 0 Å². The number of aliphatic hydroxyl groups is 1. The maximum absolute atomic E-state index is 11.1. The van der Waals surface area contributed by atoms with Gasteiger partial charge in [-0.05, 0) is 63.2 Å². The van der Waals surface area contributed by atoms with E-state index in [9.17, 15) is 5.11 Å². The smallest absolute Gasteiger partial charge is 0.0704 e. The molecule has 0 radical (unpaired) electrons. The van der Waals surface area contributed by atoms with E-state index in [2.05, 4.69) is 0 Å². The lowest BCUT2D eigenvalue weighted by Crippen LogP contribution is -2.50. The van der Waals surface area contributed by atoms with Gasteiger partial charge in [-0.3, -0.25) is 0 Å². The zero-order valence-electron chi connectivity index (χ0n) is 10.9. The summed E-state index contributed by atoms with van der Waals surface area (Å²) in [4.78, 5) is 0. The largest absolute Gasteiger partial charge is 0.389 e. The zero-order valence-corrected chi connectivity index (χ0v) is 10.9. The molecule has 2 nitrogen and oxygen atoms in total. The third kappa shape index (κ3) is 2.26. The van der Waals surface area contributed by atoms with Crippen LogP contribution in [0.3, 0.4) is 0 Å². The summed E-state index contributed by atoms with van der Waals surface area (Å²) in [6, 6.07) is 0. The average Bonchev–Trinajstić information content (AvgIpc) is 2.60. The molecule has 1 heterocycles. The van der Waals surface area contributed by atoms with Crippen molar-refractivity contribution in [3.05, 3.63) is 0 Å². The van der Waals surface area contributed by atoms with E-state index in [0.717, 1.165) is 19.4 Å². The fourth-order valence-corrected chi connectivity index (χ4v) is 3.82. The number of rotatable bonds is 5. The van der Waals surface area contributed by atoms with Crippen LogP contribution >= 0.6 is 0 Å². The molecule has 0 aromatic heterocycles. The quantitative estimate of drug-likeness (QED) is 0.796. The van der Waals surface area contributed by atoms with Crippen LogP contribution in [0.5, 0.6) is 0 Å². The molecule has 1 atom stereocenters. The van der Waals surface area contributed by atoms with Gasteiger partial charge in [0.1, 0.15) is 0 Å². The minimum Gasteiger partial charge on any atom is -0.389 e. The average molecular weight is 238 g/mol. The van der Waals surface area contributed by atoms with Gasteiger partial charge in [0.25, 0.3) is 0 Å². The van der Waals surface area contributed by atoms with Crippen LogP contribution in [-0.2, 0) is 4.74 Å². The second-order valence-electron chi connectivity index (χ2n) is 6.42. The molecule has 2 aliphatic carbocycles. The van der Waals surface area contributed by atoms with Crippen molar-refractivity contribution in [1.29, 1.82) is 0 Å². The second-order valence-corrected chi connectivity index (χ2v) is 6.42. The highest BCUT2D eigenvalue weighted by atomic mass is 16.5. The van der Waals surface area contributed by atoms with E-state index < -0.39 is 0 Å². The molecular weight excluding hydrogens is 212 g/mol. The summed E-state index contributed by atoms with van der Waals surface area (Å²) in [5.74, 6) is 1.21. The van der Waals surface area contributed by atoms with Gasteiger partial charge >= 0.3 is 0 Å². The minimum absolute atomic E-state index is 0.331. The highest BCUT2D eigenvalue weighted by molar-refractivity contribution is 4.99. The monoisotopic (exact) mass is 238 g/mol. The molecule has 1 N–H and O–H groups in total. The van der Waals surface area contributed by atoms with E-state index in [1.54, 1.807) is 0 Å². The molecule has 3 fully saturated rings. The van der Waals surface area contributed by atoms with Crippen LogP contribution in [-0.4, -0.2) is 23.4 Å². The normalized spacial score (nSPS) is 31.2. The lowest BCUT2D eigenvalue weighted by molar-refractivity contribution is -0.129. The molecule has 1 saturated heterocycles. The van der Waals surface area contributed by atoms with Crippen LogP contribution in [0.1, 0.15) is 64.2 Å². The van der Waals surface area contributed by atoms with Gasteiger partial charge in [-0.2, -0.15) is 0 Å². The van der Waals surface area contributed by atoms with Crippen molar-refractivity contribution in [2.45, 2.75) is 75.9 Å². The summed E-state index contributed by atoms with van der Waals surface area (Å²) in [7, 11) is 0. The summed E-state index contributed by atoms with van der Waals surface area (Å²) in [5.41, 5.74) is -0.331. The van der Waals surface area contributed by atoms with Crippen LogP contribution in [0.4, 0.5) is 0 Å². The van der Waals surface area contributed by atoms with Crippen LogP contribution < -0.4 is 0 Å². The topological polar surface area (TPSA) is 29.5 Å². The Morgan fingerprint density at radius 2 is 1.59 bits per heavy atom. The lowest BCUT2D eigenvalue weighted by Gasteiger charge is -2.50. The zero-order chi connectivity index (χ0) is 11.7. The van der Waals surface area contributed by atoms with Gasteiger partial charge in [0.05, 0.1) is 11.7 Å². The van der Waals surface area contributed by atoms with Gasteiger partial charge in [-0.15, -0.1) is 0 Å². The van der Waals surface area contributed by atoms with Crippen molar-refractivity contribution in [2.75, 3.05) is 6.61 Å². The maximum atomic E-state index is 11.1. The van der Waals surface area contributed by atoms with Crippen molar-refractivity contribution in [3.8, 4) is 0 Å². The summed E-state index contributed by atoms with van der Waals surface area (Å²) < 4.78 is 5.70. The minimum atomic E-state index is -0.331. The Morgan fingerprint density at radius 3 is 2.00 bits per heavy atom. The first-order valence-electron chi connectivity index (χ1n) is 7.63. The van der Waals surface area contributed by atoms with Gasteiger partial charge in [0.15, 0.2) is 0 Å². The third-order valence-corrected chi connectivity index (χ3v) is 5.52. The van der Waals surface area contributed by atoms with Crippen LogP contribution in [0.15, 0.2) is 0 Å². The molecular formula is C15H26O2. The SMILES string of the molecule is OC(CCC1CCCO1)(C1CCC1)C1CCC1. The molecule has 0 aromatic carbocycles. The molecule has 0 spiro atoms. The predicted molar refractivity (Wildman–Crippen MR) is 67.8 cm³/mol. The number of hydrogen-bond acceptors (Lipinski definition) is 2. The Balaban J connectivity index is 1.57. The standard InChI is InChI=1S/C15H26O2/c16-15(12-4-1-5-12,13-6-2-7-13)10-9-14-8-3-11-17-14/h12-14,16H,1-11H2. The Morgan fingerprint density at radius 1 is 0.941 bits per heavy atom. The van der Waals surface area contributed by atoms with Crippen molar-refractivity contribution in [3.63, 3.8) is 0 Å². The van der Waals surface area contributed by atoms with E-state index in [1.807, 2.05) is 0 Å². The van der Waals surface area contributed by atoms with Gasteiger partial charge in [0.2, 0.25) is 0 Å².